The van der Waals surface area contributed by atoms with E-state index in [0.29, 0.717) is 12.4 Å². The Bertz CT molecular complexity index is 894. The molecule has 1 aliphatic heterocycles. The zero-order chi connectivity index (χ0) is 17.9. The van der Waals surface area contributed by atoms with Gasteiger partial charge in [-0.15, -0.1) is 11.3 Å². The molecule has 1 fully saturated rings. The second-order valence-corrected chi connectivity index (χ2v) is 7.30. The van der Waals surface area contributed by atoms with Crippen LogP contribution in [0.5, 0.6) is 5.88 Å². The van der Waals surface area contributed by atoms with Crippen molar-refractivity contribution in [3.63, 3.8) is 0 Å². The normalized spacial score (nSPS) is 16.8. The molecule has 2 aromatic heterocycles. The number of urea groups is 1. The van der Waals surface area contributed by atoms with Gasteiger partial charge in [0.25, 0.3) is 0 Å². The molecule has 3 aromatic rings. The van der Waals surface area contributed by atoms with Crippen LogP contribution in [0.25, 0.3) is 10.2 Å². The number of para-hydroxylation sites is 1. The molecular formula is C19H20N4O2S. The average Bonchev–Trinajstić information content (AvgIpc) is 3.32. The second kappa shape index (κ2) is 7.29. The molecule has 7 heteroatoms. The number of methoxy groups -OCH3 is 1. The quantitative estimate of drug-likeness (QED) is 0.762. The third-order valence-corrected chi connectivity index (χ3v) is 5.70. The number of thiazole rings is 1. The van der Waals surface area contributed by atoms with Crippen molar-refractivity contribution in [1.29, 1.82) is 0 Å². The van der Waals surface area contributed by atoms with Gasteiger partial charge in [-0.3, -0.25) is 0 Å². The fourth-order valence-corrected chi connectivity index (χ4v) is 4.37. The first-order valence-electron chi connectivity index (χ1n) is 8.63. The van der Waals surface area contributed by atoms with E-state index in [-0.39, 0.29) is 12.1 Å². The highest BCUT2D eigenvalue weighted by Gasteiger charge is 2.32. The number of carbonyl (C=O) groups excluding carboxylic acids is 1. The number of aromatic nitrogens is 2. The van der Waals surface area contributed by atoms with Gasteiger partial charge in [0.1, 0.15) is 5.01 Å². The van der Waals surface area contributed by atoms with Gasteiger partial charge in [0.05, 0.1) is 23.4 Å². The Hall–Kier alpha value is -2.67. The Morgan fingerprint density at radius 2 is 2.27 bits per heavy atom. The lowest BCUT2D eigenvalue weighted by molar-refractivity contribution is 0.192. The fourth-order valence-electron chi connectivity index (χ4n) is 3.25. The maximum absolute atomic E-state index is 12.7. The van der Waals surface area contributed by atoms with Crippen molar-refractivity contribution < 1.29 is 9.53 Å². The largest absolute Gasteiger partial charge is 0.481 e. The van der Waals surface area contributed by atoms with Gasteiger partial charge in [-0.1, -0.05) is 12.1 Å². The van der Waals surface area contributed by atoms with Crippen LogP contribution in [0.3, 0.4) is 0 Å². The zero-order valence-corrected chi connectivity index (χ0v) is 15.3. The van der Waals surface area contributed by atoms with Gasteiger partial charge >= 0.3 is 6.03 Å². The highest BCUT2D eigenvalue weighted by molar-refractivity contribution is 7.18. The summed E-state index contributed by atoms with van der Waals surface area (Å²) in [5, 5.41) is 4.02. The summed E-state index contributed by atoms with van der Waals surface area (Å²) < 4.78 is 6.29. The minimum absolute atomic E-state index is 0.0532. The lowest BCUT2D eigenvalue weighted by Gasteiger charge is -2.23. The third kappa shape index (κ3) is 3.35. The number of benzene rings is 1. The maximum atomic E-state index is 12.7. The smallest absolute Gasteiger partial charge is 0.318 e. The van der Waals surface area contributed by atoms with Crippen LogP contribution < -0.4 is 10.1 Å². The molecule has 3 heterocycles. The molecule has 1 N–H and O–H groups in total. The fraction of sp³-hybridized carbons (Fsp3) is 0.316. The highest BCUT2D eigenvalue weighted by atomic mass is 32.1. The van der Waals surface area contributed by atoms with E-state index in [9.17, 15) is 4.79 Å². The molecule has 0 saturated carbocycles. The van der Waals surface area contributed by atoms with Crippen molar-refractivity contribution in [3.05, 3.63) is 53.2 Å². The highest BCUT2D eigenvalue weighted by Crippen LogP contribution is 2.36. The minimum Gasteiger partial charge on any atom is -0.481 e. The third-order valence-electron chi connectivity index (χ3n) is 4.56. The summed E-state index contributed by atoms with van der Waals surface area (Å²) >= 11 is 1.68. The first-order valence-corrected chi connectivity index (χ1v) is 9.45. The summed E-state index contributed by atoms with van der Waals surface area (Å²) in [5.74, 6) is 0.547. The van der Waals surface area contributed by atoms with Gasteiger partial charge in [0.2, 0.25) is 5.88 Å². The van der Waals surface area contributed by atoms with Crippen LogP contribution in [0, 0.1) is 0 Å². The first-order chi connectivity index (χ1) is 12.7. The molecular weight excluding hydrogens is 348 g/mol. The summed E-state index contributed by atoms with van der Waals surface area (Å²) in [4.78, 5) is 23.4. The SMILES string of the molecule is COc1cc(CNC(=O)N2CCCC2c2nc3ccccc3s2)ccn1. The lowest BCUT2D eigenvalue weighted by Crippen LogP contribution is -2.39. The van der Waals surface area contributed by atoms with Gasteiger partial charge < -0.3 is 15.0 Å². The van der Waals surface area contributed by atoms with Crippen LogP contribution in [0.15, 0.2) is 42.6 Å². The number of amides is 2. The number of nitrogens with one attached hydrogen (secondary N) is 1. The average molecular weight is 368 g/mol. The van der Waals surface area contributed by atoms with E-state index in [1.165, 1.54) is 4.70 Å². The number of likely N-dealkylation sites (tertiary alicyclic amines) is 1. The molecule has 26 heavy (non-hydrogen) atoms. The van der Waals surface area contributed by atoms with E-state index in [2.05, 4.69) is 16.4 Å². The van der Waals surface area contributed by atoms with Crippen LogP contribution in [0.2, 0.25) is 0 Å². The number of carbonyl (C=O) groups is 1. The van der Waals surface area contributed by atoms with Crippen LogP contribution in [-0.2, 0) is 6.54 Å². The van der Waals surface area contributed by atoms with Crippen molar-refractivity contribution in [1.82, 2.24) is 20.2 Å². The van der Waals surface area contributed by atoms with Crippen molar-refractivity contribution >= 4 is 27.6 Å². The van der Waals surface area contributed by atoms with E-state index >= 15 is 0 Å². The number of pyridine rings is 1. The molecule has 0 bridgehead atoms. The lowest BCUT2D eigenvalue weighted by atomic mass is 10.2. The first kappa shape index (κ1) is 16.8. The standard InChI is InChI=1S/C19H20N4O2S/c1-25-17-11-13(8-9-20-17)12-21-19(24)23-10-4-6-15(23)18-22-14-5-2-3-7-16(14)26-18/h2-3,5,7-9,11,15H,4,6,10,12H2,1H3,(H,21,24). The van der Waals surface area contributed by atoms with Gasteiger partial charge in [0, 0.05) is 25.4 Å². The number of nitrogens with zero attached hydrogens (tertiary/aromatic N) is 3. The van der Waals surface area contributed by atoms with Crippen LogP contribution in [0.1, 0.15) is 29.5 Å². The summed E-state index contributed by atoms with van der Waals surface area (Å²) in [6.45, 7) is 1.20. The van der Waals surface area contributed by atoms with E-state index in [1.54, 1.807) is 24.6 Å². The van der Waals surface area contributed by atoms with Crippen molar-refractivity contribution in [2.45, 2.75) is 25.4 Å². The molecule has 1 unspecified atom stereocenters. The van der Waals surface area contributed by atoms with Gasteiger partial charge in [-0.25, -0.2) is 14.8 Å². The Kier molecular flexibility index (Phi) is 4.71. The number of hydrogen-bond donors (Lipinski definition) is 1. The van der Waals surface area contributed by atoms with E-state index < -0.39 is 0 Å². The van der Waals surface area contributed by atoms with Crippen LogP contribution in [0.4, 0.5) is 4.79 Å². The van der Waals surface area contributed by atoms with Crippen molar-refractivity contribution in [2.75, 3.05) is 13.7 Å². The summed E-state index contributed by atoms with van der Waals surface area (Å²) in [5.41, 5.74) is 1.96. The number of rotatable bonds is 4. The molecule has 4 rings (SSSR count). The topological polar surface area (TPSA) is 67.3 Å². The molecule has 134 valence electrons. The Balaban J connectivity index is 1.46. The molecule has 0 radical (unpaired) electrons. The molecule has 0 aliphatic carbocycles. The van der Waals surface area contributed by atoms with Crippen molar-refractivity contribution in [2.24, 2.45) is 0 Å². The minimum atomic E-state index is -0.0532. The van der Waals surface area contributed by atoms with Crippen LogP contribution in [-0.4, -0.2) is 34.6 Å². The van der Waals surface area contributed by atoms with Crippen LogP contribution >= 0.6 is 11.3 Å². The van der Waals surface area contributed by atoms with E-state index in [1.807, 2.05) is 35.2 Å². The Morgan fingerprint density at radius 3 is 3.12 bits per heavy atom. The molecule has 1 atom stereocenters. The molecule has 0 spiro atoms. The summed E-state index contributed by atoms with van der Waals surface area (Å²) in [7, 11) is 1.58. The predicted octanol–water partition coefficient (Wildman–Crippen LogP) is 3.75. The van der Waals surface area contributed by atoms with Gasteiger partial charge in [-0.2, -0.15) is 0 Å². The summed E-state index contributed by atoms with van der Waals surface area (Å²) in [6.07, 6.45) is 3.63. The Labute approximate surface area is 155 Å². The summed E-state index contributed by atoms with van der Waals surface area (Å²) in [6, 6.07) is 11.8. The second-order valence-electron chi connectivity index (χ2n) is 6.24. The number of hydrogen-bond acceptors (Lipinski definition) is 5. The van der Waals surface area contributed by atoms with Gasteiger partial charge in [0.15, 0.2) is 0 Å². The molecule has 2 amide bonds. The van der Waals surface area contributed by atoms with Crippen molar-refractivity contribution in [3.8, 4) is 5.88 Å². The maximum Gasteiger partial charge on any atom is 0.318 e. The number of fused-ring (bicyclic) bond motifs is 1. The van der Waals surface area contributed by atoms with Gasteiger partial charge in [-0.05, 0) is 36.6 Å². The van der Waals surface area contributed by atoms with E-state index in [4.69, 9.17) is 9.72 Å². The molecule has 1 aromatic carbocycles. The van der Waals surface area contributed by atoms with E-state index in [0.717, 1.165) is 35.5 Å². The predicted molar refractivity (Wildman–Crippen MR) is 101 cm³/mol. The molecule has 1 saturated heterocycles. The molecule has 1 aliphatic rings. The monoisotopic (exact) mass is 368 g/mol. The number of ether oxygens (including phenoxy) is 1. The Morgan fingerprint density at radius 1 is 1.38 bits per heavy atom. The zero-order valence-electron chi connectivity index (χ0n) is 14.5. The molecule has 6 nitrogen and oxygen atoms in total.